The molecule has 0 aromatic carbocycles. The van der Waals surface area contributed by atoms with E-state index in [1.54, 1.807) is 0 Å². The van der Waals surface area contributed by atoms with Crippen molar-refractivity contribution in [2.75, 3.05) is 6.61 Å². The second kappa shape index (κ2) is 5.60. The zero-order valence-corrected chi connectivity index (χ0v) is 12.5. The Labute approximate surface area is 111 Å². The zero-order chi connectivity index (χ0) is 14.0. The number of esters is 1. The van der Waals surface area contributed by atoms with Crippen molar-refractivity contribution in [2.45, 2.75) is 65.9 Å². The fraction of sp³-hybridized carbons (Fsp3) is 0.933. The standard InChI is InChI=1S/C15H28O3/c1-6-18-13(16)14(4,5)12-7-9-15(17,10-8-12)11(2)3/h11-12,17H,6-10H2,1-5H3/t12-,15+. The van der Waals surface area contributed by atoms with Crippen LogP contribution in [0.3, 0.4) is 0 Å². The molecule has 1 rings (SSSR count). The van der Waals surface area contributed by atoms with Gasteiger partial charge in [-0.1, -0.05) is 13.8 Å². The molecule has 0 bridgehead atoms. The van der Waals surface area contributed by atoms with Crippen molar-refractivity contribution in [2.24, 2.45) is 17.3 Å². The van der Waals surface area contributed by atoms with E-state index in [9.17, 15) is 9.90 Å². The molecule has 0 unspecified atom stereocenters. The highest BCUT2D eigenvalue weighted by molar-refractivity contribution is 5.76. The summed E-state index contributed by atoms with van der Waals surface area (Å²) in [6.45, 7) is 10.3. The van der Waals surface area contributed by atoms with Gasteiger partial charge in [-0.15, -0.1) is 0 Å². The molecular weight excluding hydrogens is 228 g/mol. The van der Waals surface area contributed by atoms with Crippen LogP contribution in [0.25, 0.3) is 0 Å². The third-order valence-electron chi connectivity index (χ3n) is 4.75. The van der Waals surface area contributed by atoms with E-state index in [4.69, 9.17) is 4.74 Å². The number of ether oxygens (including phenoxy) is 1. The highest BCUT2D eigenvalue weighted by atomic mass is 16.5. The Hall–Kier alpha value is -0.570. The maximum Gasteiger partial charge on any atom is 0.311 e. The second-order valence-electron chi connectivity index (χ2n) is 6.47. The molecule has 1 N–H and O–H groups in total. The smallest absolute Gasteiger partial charge is 0.311 e. The van der Waals surface area contributed by atoms with Crippen molar-refractivity contribution >= 4 is 5.97 Å². The molecule has 0 heterocycles. The van der Waals surface area contributed by atoms with Crippen LogP contribution in [0.5, 0.6) is 0 Å². The van der Waals surface area contributed by atoms with E-state index < -0.39 is 11.0 Å². The highest BCUT2D eigenvalue weighted by Gasteiger charge is 2.44. The summed E-state index contributed by atoms with van der Waals surface area (Å²) in [4.78, 5) is 12.0. The second-order valence-corrected chi connectivity index (χ2v) is 6.47. The monoisotopic (exact) mass is 256 g/mol. The number of rotatable bonds is 4. The molecule has 0 spiro atoms. The summed E-state index contributed by atoms with van der Waals surface area (Å²) in [5.74, 6) is 0.490. The Balaban J connectivity index is 2.64. The maximum absolute atomic E-state index is 12.0. The molecule has 0 aromatic heterocycles. The van der Waals surface area contributed by atoms with E-state index in [2.05, 4.69) is 13.8 Å². The Kier molecular flexibility index (Phi) is 4.82. The first-order chi connectivity index (χ1) is 8.24. The fourth-order valence-electron chi connectivity index (χ4n) is 2.90. The molecule has 0 atom stereocenters. The first-order valence-electron chi connectivity index (χ1n) is 7.13. The van der Waals surface area contributed by atoms with Crippen LogP contribution in [-0.4, -0.2) is 23.3 Å². The summed E-state index contributed by atoms with van der Waals surface area (Å²) in [7, 11) is 0. The Morgan fingerprint density at radius 3 is 2.28 bits per heavy atom. The molecule has 1 saturated carbocycles. The molecule has 3 heteroatoms. The summed E-state index contributed by atoms with van der Waals surface area (Å²) < 4.78 is 5.16. The van der Waals surface area contributed by atoms with Gasteiger partial charge in [0.2, 0.25) is 0 Å². The van der Waals surface area contributed by atoms with Crippen molar-refractivity contribution in [1.82, 2.24) is 0 Å². The van der Waals surface area contributed by atoms with E-state index in [0.717, 1.165) is 25.7 Å². The minimum absolute atomic E-state index is 0.106. The van der Waals surface area contributed by atoms with Crippen molar-refractivity contribution in [1.29, 1.82) is 0 Å². The van der Waals surface area contributed by atoms with E-state index in [1.165, 1.54) is 0 Å². The molecule has 106 valence electrons. The number of carbonyl (C=O) groups excluding carboxylic acids is 1. The minimum Gasteiger partial charge on any atom is -0.466 e. The average molecular weight is 256 g/mol. The van der Waals surface area contributed by atoms with Gasteiger partial charge in [0, 0.05) is 0 Å². The Bertz CT molecular complexity index is 286. The molecule has 1 aliphatic carbocycles. The number of hydrogen-bond acceptors (Lipinski definition) is 3. The average Bonchev–Trinajstić information content (AvgIpc) is 2.29. The van der Waals surface area contributed by atoms with E-state index in [1.807, 2.05) is 20.8 Å². The van der Waals surface area contributed by atoms with Crippen molar-refractivity contribution in [3.8, 4) is 0 Å². The van der Waals surface area contributed by atoms with Crippen LogP contribution < -0.4 is 0 Å². The predicted octanol–water partition coefficient (Wildman–Crippen LogP) is 3.15. The molecule has 1 aliphatic rings. The summed E-state index contributed by atoms with van der Waals surface area (Å²) in [5.41, 5.74) is -0.977. The van der Waals surface area contributed by atoms with Gasteiger partial charge < -0.3 is 9.84 Å². The van der Waals surface area contributed by atoms with Crippen LogP contribution in [0.1, 0.15) is 60.3 Å². The molecule has 0 aliphatic heterocycles. The normalized spacial score (nSPS) is 29.4. The van der Waals surface area contributed by atoms with Crippen LogP contribution in [-0.2, 0) is 9.53 Å². The van der Waals surface area contributed by atoms with E-state index in [-0.39, 0.29) is 11.9 Å². The Morgan fingerprint density at radius 1 is 1.39 bits per heavy atom. The summed E-state index contributed by atoms with van der Waals surface area (Å²) >= 11 is 0. The molecule has 18 heavy (non-hydrogen) atoms. The van der Waals surface area contributed by atoms with Crippen molar-refractivity contribution in [3.63, 3.8) is 0 Å². The molecule has 1 fully saturated rings. The lowest BCUT2D eigenvalue weighted by Crippen LogP contribution is -2.44. The van der Waals surface area contributed by atoms with Gasteiger partial charge in [-0.2, -0.15) is 0 Å². The molecule has 0 amide bonds. The summed E-state index contributed by atoms with van der Waals surface area (Å²) in [5, 5.41) is 10.5. The molecular formula is C15H28O3. The SMILES string of the molecule is CCOC(=O)C(C)(C)[C@H]1CC[C@](O)(C(C)C)CC1. The van der Waals surface area contributed by atoms with Gasteiger partial charge in [-0.3, -0.25) is 4.79 Å². The lowest BCUT2D eigenvalue weighted by atomic mass is 9.65. The van der Waals surface area contributed by atoms with E-state index >= 15 is 0 Å². The molecule has 0 saturated heterocycles. The van der Waals surface area contributed by atoms with Crippen LogP contribution >= 0.6 is 0 Å². The first-order valence-corrected chi connectivity index (χ1v) is 7.13. The lowest BCUT2D eigenvalue weighted by molar-refractivity contribution is -0.159. The van der Waals surface area contributed by atoms with E-state index in [0.29, 0.717) is 12.5 Å². The Morgan fingerprint density at radius 2 is 1.89 bits per heavy atom. The van der Waals surface area contributed by atoms with Crippen LogP contribution in [0, 0.1) is 17.3 Å². The van der Waals surface area contributed by atoms with Gasteiger partial charge >= 0.3 is 5.97 Å². The number of aliphatic hydroxyl groups is 1. The van der Waals surface area contributed by atoms with Gasteiger partial charge in [0.15, 0.2) is 0 Å². The van der Waals surface area contributed by atoms with Crippen molar-refractivity contribution in [3.05, 3.63) is 0 Å². The third kappa shape index (κ3) is 3.05. The first kappa shape index (κ1) is 15.5. The topological polar surface area (TPSA) is 46.5 Å². The van der Waals surface area contributed by atoms with Gasteiger partial charge in [-0.25, -0.2) is 0 Å². The van der Waals surface area contributed by atoms with Gasteiger partial charge in [0.25, 0.3) is 0 Å². The largest absolute Gasteiger partial charge is 0.466 e. The number of carbonyl (C=O) groups is 1. The highest BCUT2D eigenvalue weighted by Crippen LogP contribution is 2.44. The van der Waals surface area contributed by atoms with Crippen LogP contribution in [0.2, 0.25) is 0 Å². The van der Waals surface area contributed by atoms with Crippen molar-refractivity contribution < 1.29 is 14.6 Å². The molecule has 3 nitrogen and oxygen atoms in total. The molecule has 0 aromatic rings. The minimum atomic E-state index is -0.540. The zero-order valence-electron chi connectivity index (χ0n) is 12.5. The maximum atomic E-state index is 12.0. The third-order valence-corrected chi connectivity index (χ3v) is 4.75. The summed E-state index contributed by atoms with van der Waals surface area (Å²) in [6.07, 6.45) is 3.39. The fourth-order valence-corrected chi connectivity index (χ4v) is 2.90. The van der Waals surface area contributed by atoms with Gasteiger partial charge in [-0.05, 0) is 58.3 Å². The van der Waals surface area contributed by atoms with Crippen LogP contribution in [0.15, 0.2) is 0 Å². The lowest BCUT2D eigenvalue weighted by Gasteiger charge is -2.43. The quantitative estimate of drug-likeness (QED) is 0.786. The predicted molar refractivity (Wildman–Crippen MR) is 72.2 cm³/mol. The van der Waals surface area contributed by atoms with Gasteiger partial charge in [0.05, 0.1) is 17.6 Å². The summed E-state index contributed by atoms with van der Waals surface area (Å²) in [6, 6.07) is 0. The number of hydrogen-bond donors (Lipinski definition) is 1. The molecule has 0 radical (unpaired) electrons. The van der Waals surface area contributed by atoms with Gasteiger partial charge in [0.1, 0.15) is 0 Å². The van der Waals surface area contributed by atoms with Crippen LogP contribution in [0.4, 0.5) is 0 Å².